The van der Waals surface area contributed by atoms with Crippen LogP contribution in [0.3, 0.4) is 0 Å². The number of hydrogen-bond donors (Lipinski definition) is 6. The lowest BCUT2D eigenvalue weighted by Crippen LogP contribution is -2.60. The summed E-state index contributed by atoms with van der Waals surface area (Å²) in [4.78, 5) is 24.8. The molecule has 0 saturated carbocycles. The Hall–Kier alpha value is -4.76. The first kappa shape index (κ1) is 31.2. The van der Waals surface area contributed by atoms with E-state index in [1.54, 1.807) is 0 Å². The van der Waals surface area contributed by atoms with Crippen LogP contribution >= 0.6 is 0 Å². The summed E-state index contributed by atoms with van der Waals surface area (Å²) in [6.07, 6.45) is -8.07. The van der Waals surface area contributed by atoms with Gasteiger partial charge >= 0.3 is 11.9 Å². The Labute approximate surface area is 244 Å². The molecule has 6 N–H and O–H groups in total. The number of esters is 2. The topological polar surface area (TPSA) is 211 Å². The zero-order chi connectivity index (χ0) is 31.3. The van der Waals surface area contributed by atoms with Crippen LogP contribution < -0.4 is 14.2 Å². The van der Waals surface area contributed by atoms with E-state index in [2.05, 4.69) is 0 Å². The Morgan fingerprint density at radius 3 is 1.84 bits per heavy atom. The maximum atomic E-state index is 12.5. The summed E-state index contributed by atoms with van der Waals surface area (Å²) < 4.78 is 31.4. The van der Waals surface area contributed by atoms with E-state index in [-0.39, 0.29) is 46.5 Å². The Morgan fingerprint density at radius 2 is 1.28 bits per heavy atom. The van der Waals surface area contributed by atoms with Gasteiger partial charge in [0.15, 0.2) is 34.5 Å². The lowest BCUT2D eigenvalue weighted by atomic mass is 9.99. The third-order valence-electron chi connectivity index (χ3n) is 6.51. The number of rotatable bonds is 10. The zero-order valence-corrected chi connectivity index (χ0v) is 22.9. The first-order valence-corrected chi connectivity index (χ1v) is 12.8. The minimum atomic E-state index is -1.75. The number of aliphatic hydroxyl groups excluding tert-OH is 3. The molecule has 0 spiro atoms. The van der Waals surface area contributed by atoms with Gasteiger partial charge in [0.05, 0.1) is 25.3 Å². The van der Waals surface area contributed by atoms with Crippen molar-refractivity contribution in [1.29, 1.82) is 0 Å². The zero-order valence-electron chi connectivity index (χ0n) is 22.9. The minimum absolute atomic E-state index is 0.0341. The van der Waals surface area contributed by atoms with Gasteiger partial charge in [0.25, 0.3) is 0 Å². The van der Waals surface area contributed by atoms with E-state index >= 15 is 0 Å². The molecule has 0 bridgehead atoms. The van der Waals surface area contributed by atoms with Gasteiger partial charge in [-0.15, -0.1) is 0 Å². The molecule has 4 rings (SSSR count). The maximum absolute atomic E-state index is 12.5. The van der Waals surface area contributed by atoms with Crippen molar-refractivity contribution in [3.8, 4) is 34.5 Å². The number of phenols is 3. The standard InChI is InChI=1S/C29H30O14/c1-38-21-10-15(4-6-17(21)30)27(36)40-12-14-3-8-20(19(32)9-14)42-29-26(35)25(34)24(33)23(43-29)13-41-28(37)16-5-7-18(31)22(11-16)39-2/h3-11,23-26,29-35H,12-13H2,1-2H3/t23-,24-,25+,26-,29-/m1/s1. The number of aromatic hydroxyl groups is 3. The normalized spacial score (nSPS) is 21.5. The van der Waals surface area contributed by atoms with Gasteiger partial charge in [-0.2, -0.15) is 0 Å². The van der Waals surface area contributed by atoms with Gasteiger partial charge in [-0.05, 0) is 54.1 Å². The van der Waals surface area contributed by atoms with Crippen LogP contribution in [-0.4, -0.2) is 94.1 Å². The Bertz CT molecular complexity index is 1460. The Balaban J connectivity index is 1.37. The Kier molecular flexibility index (Phi) is 9.77. The number of carbonyl (C=O) groups is 2. The molecule has 230 valence electrons. The number of benzene rings is 3. The van der Waals surface area contributed by atoms with E-state index in [9.17, 15) is 40.2 Å². The molecule has 14 nitrogen and oxygen atoms in total. The van der Waals surface area contributed by atoms with Crippen LogP contribution in [0.2, 0.25) is 0 Å². The summed E-state index contributed by atoms with van der Waals surface area (Å²) in [6.45, 7) is -0.778. The molecule has 0 unspecified atom stereocenters. The fourth-order valence-electron chi connectivity index (χ4n) is 4.11. The molecule has 0 aromatic heterocycles. The monoisotopic (exact) mass is 602 g/mol. The molecule has 3 aromatic rings. The highest BCUT2D eigenvalue weighted by atomic mass is 16.7. The molecular weight excluding hydrogens is 572 g/mol. The van der Waals surface area contributed by atoms with Crippen LogP contribution in [0.5, 0.6) is 34.5 Å². The number of phenolic OH excluding ortho intramolecular Hbond substituents is 3. The summed E-state index contributed by atoms with van der Waals surface area (Å²) in [6, 6.07) is 11.7. The highest BCUT2D eigenvalue weighted by molar-refractivity contribution is 5.90. The summed E-state index contributed by atoms with van der Waals surface area (Å²) in [7, 11) is 2.64. The number of hydrogen-bond acceptors (Lipinski definition) is 14. The average molecular weight is 603 g/mol. The van der Waals surface area contributed by atoms with Gasteiger partial charge in [0, 0.05) is 0 Å². The molecule has 1 aliphatic rings. The van der Waals surface area contributed by atoms with Crippen molar-refractivity contribution in [2.45, 2.75) is 37.3 Å². The molecule has 1 saturated heterocycles. The summed E-state index contributed by atoms with van der Waals surface area (Å²) in [5, 5.41) is 61.0. The van der Waals surface area contributed by atoms with E-state index in [1.165, 1.54) is 68.8 Å². The molecule has 0 radical (unpaired) electrons. The van der Waals surface area contributed by atoms with E-state index in [0.717, 1.165) is 0 Å². The predicted molar refractivity (Wildman–Crippen MR) is 144 cm³/mol. The summed E-state index contributed by atoms with van der Waals surface area (Å²) >= 11 is 0. The molecular formula is C29H30O14. The third kappa shape index (κ3) is 7.18. The van der Waals surface area contributed by atoms with Gasteiger partial charge in [-0.1, -0.05) is 6.07 Å². The highest BCUT2D eigenvalue weighted by Crippen LogP contribution is 2.32. The maximum Gasteiger partial charge on any atom is 0.338 e. The summed E-state index contributed by atoms with van der Waals surface area (Å²) in [5.74, 6) is -2.33. The number of methoxy groups -OCH3 is 2. The lowest BCUT2D eigenvalue weighted by Gasteiger charge is -2.39. The van der Waals surface area contributed by atoms with Crippen molar-refractivity contribution in [2.24, 2.45) is 0 Å². The second-order valence-corrected chi connectivity index (χ2v) is 9.38. The summed E-state index contributed by atoms with van der Waals surface area (Å²) in [5.41, 5.74) is 0.540. The number of ether oxygens (including phenoxy) is 6. The molecule has 1 fully saturated rings. The van der Waals surface area contributed by atoms with Gasteiger partial charge < -0.3 is 59.1 Å². The van der Waals surface area contributed by atoms with Gasteiger partial charge in [0.1, 0.15) is 37.6 Å². The largest absolute Gasteiger partial charge is 0.504 e. The van der Waals surface area contributed by atoms with Crippen LogP contribution in [0.25, 0.3) is 0 Å². The molecule has 43 heavy (non-hydrogen) atoms. The van der Waals surface area contributed by atoms with Crippen LogP contribution in [0.4, 0.5) is 0 Å². The Morgan fingerprint density at radius 1 is 0.698 bits per heavy atom. The lowest BCUT2D eigenvalue weighted by molar-refractivity contribution is -0.277. The third-order valence-corrected chi connectivity index (χ3v) is 6.51. The molecule has 0 amide bonds. The molecule has 5 atom stereocenters. The van der Waals surface area contributed by atoms with Crippen molar-refractivity contribution < 1.29 is 68.6 Å². The first-order chi connectivity index (χ1) is 20.5. The quantitative estimate of drug-likeness (QED) is 0.180. The smallest absolute Gasteiger partial charge is 0.338 e. The fraction of sp³-hybridized carbons (Fsp3) is 0.310. The molecule has 3 aromatic carbocycles. The fourth-order valence-corrected chi connectivity index (χ4v) is 4.11. The van der Waals surface area contributed by atoms with Gasteiger partial charge in [-0.25, -0.2) is 9.59 Å². The van der Waals surface area contributed by atoms with E-state index in [4.69, 9.17) is 28.4 Å². The number of carbonyl (C=O) groups excluding carboxylic acids is 2. The van der Waals surface area contributed by atoms with E-state index in [0.29, 0.717) is 5.56 Å². The molecule has 1 aliphatic heterocycles. The van der Waals surface area contributed by atoms with Crippen molar-refractivity contribution in [3.63, 3.8) is 0 Å². The van der Waals surface area contributed by atoms with Crippen LogP contribution in [0.1, 0.15) is 26.3 Å². The van der Waals surface area contributed by atoms with Gasteiger partial charge in [-0.3, -0.25) is 0 Å². The molecule has 0 aliphatic carbocycles. The SMILES string of the molecule is COc1cc(C(=O)OCc2ccc(O[C@@H]3O[C@H](COC(=O)c4ccc(O)c(OC)c4)[C@@H](O)[C@H](O)[C@H]3O)c(O)c2)ccc1O. The second-order valence-electron chi connectivity index (χ2n) is 9.38. The molecule has 14 heteroatoms. The van der Waals surface area contributed by atoms with Crippen molar-refractivity contribution in [2.75, 3.05) is 20.8 Å². The van der Waals surface area contributed by atoms with Crippen LogP contribution in [0, 0.1) is 0 Å². The van der Waals surface area contributed by atoms with Crippen molar-refractivity contribution in [3.05, 3.63) is 71.3 Å². The average Bonchev–Trinajstić information content (AvgIpc) is 3.00. The van der Waals surface area contributed by atoms with Crippen molar-refractivity contribution in [1.82, 2.24) is 0 Å². The first-order valence-electron chi connectivity index (χ1n) is 12.8. The van der Waals surface area contributed by atoms with E-state index < -0.39 is 55.0 Å². The van der Waals surface area contributed by atoms with Crippen LogP contribution in [-0.2, 0) is 20.8 Å². The number of aliphatic hydroxyl groups is 3. The second kappa shape index (κ2) is 13.5. The van der Waals surface area contributed by atoms with Crippen LogP contribution in [0.15, 0.2) is 54.6 Å². The van der Waals surface area contributed by atoms with E-state index in [1.807, 2.05) is 0 Å². The highest BCUT2D eigenvalue weighted by Gasteiger charge is 2.45. The molecule has 1 heterocycles. The van der Waals surface area contributed by atoms with Gasteiger partial charge in [0.2, 0.25) is 6.29 Å². The minimum Gasteiger partial charge on any atom is -0.504 e. The predicted octanol–water partition coefficient (Wildman–Crippen LogP) is 1.22. The van der Waals surface area contributed by atoms with Crippen molar-refractivity contribution >= 4 is 11.9 Å².